The van der Waals surface area contributed by atoms with Crippen LogP contribution in [0.25, 0.3) is 0 Å². The first-order valence-corrected chi connectivity index (χ1v) is 11.1. The molecule has 0 aromatic carbocycles. The highest BCUT2D eigenvalue weighted by atomic mass is 16.5. The van der Waals surface area contributed by atoms with Crippen molar-refractivity contribution in [1.29, 1.82) is 0 Å². The topological polar surface area (TPSA) is 69.9 Å². The van der Waals surface area contributed by atoms with E-state index in [1.807, 2.05) is 0 Å². The number of ether oxygens (including phenoxy) is 1. The van der Waals surface area contributed by atoms with Gasteiger partial charge in [0.05, 0.1) is 12.2 Å². The standard InChI is InChI=1S/C22H44O4/c1-5-7-9-11-13-15-22(4,16-14-12-10-8-6-2)21-20(25)19(24)18(23)17(3)26-21/h17-21,23-25H,5-16H2,1-4H3/t17-,18?,19?,20?,21+/m0/s1. The molecule has 1 saturated heterocycles. The Bertz CT molecular complexity index is 346. The maximum atomic E-state index is 10.6. The summed E-state index contributed by atoms with van der Waals surface area (Å²) in [4.78, 5) is 0. The molecule has 0 spiro atoms. The smallest absolute Gasteiger partial charge is 0.111 e. The monoisotopic (exact) mass is 372 g/mol. The third kappa shape index (κ3) is 7.10. The molecule has 4 heteroatoms. The Balaban J connectivity index is 2.71. The van der Waals surface area contributed by atoms with Crippen molar-refractivity contribution in [2.75, 3.05) is 0 Å². The van der Waals surface area contributed by atoms with E-state index in [0.717, 1.165) is 25.7 Å². The summed E-state index contributed by atoms with van der Waals surface area (Å²) in [7, 11) is 0. The highest BCUT2D eigenvalue weighted by Crippen LogP contribution is 2.41. The van der Waals surface area contributed by atoms with Crippen molar-refractivity contribution >= 4 is 0 Å². The van der Waals surface area contributed by atoms with E-state index in [1.165, 1.54) is 51.4 Å². The first-order valence-electron chi connectivity index (χ1n) is 11.1. The van der Waals surface area contributed by atoms with Gasteiger partial charge in [-0.05, 0) is 25.2 Å². The van der Waals surface area contributed by atoms with Crippen LogP contribution in [0.4, 0.5) is 0 Å². The van der Waals surface area contributed by atoms with Crippen LogP contribution < -0.4 is 0 Å². The highest BCUT2D eigenvalue weighted by Gasteiger charge is 2.49. The fraction of sp³-hybridized carbons (Fsp3) is 1.00. The SMILES string of the molecule is CCCCCCCC(C)(CCCCCCC)[C@@H]1O[C@@H](C)C(O)C(O)C1O. The van der Waals surface area contributed by atoms with Gasteiger partial charge in [-0.2, -0.15) is 0 Å². The normalized spacial score (nSPS) is 29.9. The van der Waals surface area contributed by atoms with Crippen LogP contribution in [0.2, 0.25) is 0 Å². The van der Waals surface area contributed by atoms with Crippen molar-refractivity contribution in [3.05, 3.63) is 0 Å². The molecule has 0 radical (unpaired) electrons. The van der Waals surface area contributed by atoms with Gasteiger partial charge in [-0.3, -0.25) is 0 Å². The van der Waals surface area contributed by atoms with Gasteiger partial charge in [0, 0.05) is 0 Å². The lowest BCUT2D eigenvalue weighted by Gasteiger charge is -2.48. The molecule has 26 heavy (non-hydrogen) atoms. The van der Waals surface area contributed by atoms with E-state index in [1.54, 1.807) is 6.92 Å². The fourth-order valence-electron chi connectivity index (χ4n) is 4.30. The van der Waals surface area contributed by atoms with E-state index in [2.05, 4.69) is 20.8 Å². The Morgan fingerprint density at radius 1 is 0.692 bits per heavy atom. The second-order valence-corrected chi connectivity index (χ2v) is 8.72. The minimum absolute atomic E-state index is 0.159. The number of hydrogen-bond acceptors (Lipinski definition) is 4. The van der Waals surface area contributed by atoms with Gasteiger partial charge in [-0.1, -0.05) is 85.0 Å². The molecular formula is C22H44O4. The van der Waals surface area contributed by atoms with Crippen molar-refractivity contribution in [1.82, 2.24) is 0 Å². The second kappa shape index (κ2) is 12.3. The lowest BCUT2D eigenvalue weighted by atomic mass is 9.71. The predicted molar refractivity (Wildman–Crippen MR) is 107 cm³/mol. The van der Waals surface area contributed by atoms with Crippen LogP contribution in [0.15, 0.2) is 0 Å². The maximum Gasteiger partial charge on any atom is 0.111 e. The van der Waals surface area contributed by atoms with Gasteiger partial charge in [0.25, 0.3) is 0 Å². The van der Waals surface area contributed by atoms with Gasteiger partial charge in [-0.25, -0.2) is 0 Å². The van der Waals surface area contributed by atoms with E-state index in [9.17, 15) is 15.3 Å². The van der Waals surface area contributed by atoms with Crippen LogP contribution >= 0.6 is 0 Å². The van der Waals surface area contributed by atoms with Crippen LogP contribution in [0.1, 0.15) is 105 Å². The molecule has 1 rings (SSSR count). The number of aliphatic hydroxyl groups excluding tert-OH is 3. The minimum atomic E-state index is -1.12. The Labute approximate surface area is 161 Å². The number of hydrogen-bond donors (Lipinski definition) is 3. The minimum Gasteiger partial charge on any atom is -0.388 e. The van der Waals surface area contributed by atoms with Crippen LogP contribution in [-0.4, -0.2) is 45.8 Å². The molecule has 1 heterocycles. The predicted octanol–water partition coefficient (Wildman–Crippen LogP) is 4.58. The Morgan fingerprint density at radius 2 is 1.15 bits per heavy atom. The molecule has 0 saturated carbocycles. The molecule has 0 bridgehead atoms. The zero-order chi connectivity index (χ0) is 19.6. The summed E-state index contributed by atoms with van der Waals surface area (Å²) < 4.78 is 6.04. The van der Waals surface area contributed by atoms with Crippen molar-refractivity contribution < 1.29 is 20.1 Å². The van der Waals surface area contributed by atoms with E-state index < -0.39 is 30.5 Å². The molecule has 0 aromatic rings. The summed E-state index contributed by atoms with van der Waals surface area (Å²) in [6, 6.07) is 0. The number of rotatable bonds is 13. The van der Waals surface area contributed by atoms with Crippen LogP contribution in [0.3, 0.4) is 0 Å². The molecule has 3 unspecified atom stereocenters. The summed E-state index contributed by atoms with van der Waals surface area (Å²) in [5, 5.41) is 30.9. The van der Waals surface area contributed by atoms with Crippen molar-refractivity contribution in [3.63, 3.8) is 0 Å². The molecule has 1 aliphatic rings. The van der Waals surface area contributed by atoms with Crippen molar-refractivity contribution in [3.8, 4) is 0 Å². The maximum absolute atomic E-state index is 10.6. The molecule has 156 valence electrons. The van der Waals surface area contributed by atoms with Crippen LogP contribution in [-0.2, 0) is 4.74 Å². The third-order valence-corrected chi connectivity index (χ3v) is 6.24. The molecule has 5 atom stereocenters. The molecule has 1 aliphatic heterocycles. The van der Waals surface area contributed by atoms with E-state index in [0.29, 0.717) is 0 Å². The van der Waals surface area contributed by atoms with Gasteiger partial charge in [-0.15, -0.1) is 0 Å². The summed E-state index contributed by atoms with van der Waals surface area (Å²) in [6.45, 7) is 8.44. The van der Waals surface area contributed by atoms with E-state index in [4.69, 9.17) is 4.74 Å². The largest absolute Gasteiger partial charge is 0.388 e. The van der Waals surface area contributed by atoms with Gasteiger partial charge in [0.2, 0.25) is 0 Å². The first-order chi connectivity index (χ1) is 12.4. The van der Waals surface area contributed by atoms with E-state index in [-0.39, 0.29) is 5.41 Å². The Kier molecular flexibility index (Phi) is 11.3. The third-order valence-electron chi connectivity index (χ3n) is 6.24. The van der Waals surface area contributed by atoms with Gasteiger partial charge in [0.15, 0.2) is 0 Å². The first kappa shape index (κ1) is 23.9. The summed E-state index contributed by atoms with van der Waals surface area (Å²) >= 11 is 0. The number of aliphatic hydroxyl groups is 3. The zero-order valence-electron chi connectivity index (χ0n) is 17.6. The lowest BCUT2D eigenvalue weighted by Crippen LogP contribution is -2.61. The highest BCUT2D eigenvalue weighted by molar-refractivity contribution is 4.98. The molecular weight excluding hydrogens is 328 g/mol. The Morgan fingerprint density at radius 3 is 1.62 bits per heavy atom. The molecule has 1 fully saturated rings. The molecule has 4 nitrogen and oxygen atoms in total. The number of unbranched alkanes of at least 4 members (excludes halogenated alkanes) is 8. The average molecular weight is 373 g/mol. The van der Waals surface area contributed by atoms with Gasteiger partial charge >= 0.3 is 0 Å². The quantitative estimate of drug-likeness (QED) is 0.414. The average Bonchev–Trinajstić information content (AvgIpc) is 2.62. The fourth-order valence-corrected chi connectivity index (χ4v) is 4.30. The van der Waals surface area contributed by atoms with Gasteiger partial charge in [0.1, 0.15) is 18.3 Å². The second-order valence-electron chi connectivity index (χ2n) is 8.72. The van der Waals surface area contributed by atoms with Crippen molar-refractivity contribution in [2.45, 2.75) is 135 Å². The van der Waals surface area contributed by atoms with E-state index >= 15 is 0 Å². The summed E-state index contributed by atoms with van der Waals surface area (Å²) in [5.74, 6) is 0. The van der Waals surface area contributed by atoms with Crippen molar-refractivity contribution in [2.24, 2.45) is 5.41 Å². The zero-order valence-corrected chi connectivity index (χ0v) is 17.6. The lowest BCUT2D eigenvalue weighted by molar-refractivity contribution is -0.246. The summed E-state index contributed by atoms with van der Waals surface area (Å²) in [5.41, 5.74) is -0.159. The Hall–Kier alpha value is -0.160. The molecule has 0 aliphatic carbocycles. The summed E-state index contributed by atoms with van der Waals surface area (Å²) in [6.07, 6.45) is 10.2. The van der Waals surface area contributed by atoms with Crippen LogP contribution in [0, 0.1) is 5.41 Å². The molecule has 0 aromatic heterocycles. The van der Waals surface area contributed by atoms with Crippen LogP contribution in [0.5, 0.6) is 0 Å². The van der Waals surface area contributed by atoms with Gasteiger partial charge < -0.3 is 20.1 Å². The molecule has 3 N–H and O–H groups in total. The molecule has 0 amide bonds.